The monoisotopic (exact) mass is 557 g/mol. The third-order valence-electron chi connectivity index (χ3n) is 6.60. The molecule has 1 aliphatic rings. The van der Waals surface area contributed by atoms with Gasteiger partial charge in [0.25, 0.3) is 0 Å². The maximum absolute atomic E-state index is 12.9. The highest BCUT2D eigenvalue weighted by atomic mass is 19.4. The molecule has 1 heterocycles. The number of amides is 1. The van der Waals surface area contributed by atoms with Crippen LogP contribution in [0.4, 0.5) is 13.2 Å². The molecule has 0 aliphatic heterocycles. The normalized spacial score (nSPS) is 17.5. The minimum atomic E-state index is -4.45. The third-order valence-corrected chi connectivity index (χ3v) is 6.60. The molecular weight excluding hydrogens is 527 g/mol. The molecule has 0 bridgehead atoms. The zero-order chi connectivity index (χ0) is 28.5. The molecule has 2 N–H and O–H groups in total. The number of hydrogen-bond acceptors (Lipinski definition) is 5. The second-order valence-corrected chi connectivity index (χ2v) is 9.56. The molecule has 212 valence electrons. The minimum Gasteiger partial charge on any atom is -0.497 e. The van der Waals surface area contributed by atoms with Gasteiger partial charge < -0.3 is 19.9 Å². The molecule has 11 heteroatoms. The maximum Gasteiger partial charge on any atom is 0.416 e. The fourth-order valence-corrected chi connectivity index (χ4v) is 4.51. The molecule has 0 spiro atoms. The number of aromatic carboxylic acids is 1. The van der Waals surface area contributed by atoms with Gasteiger partial charge in [0, 0.05) is 18.0 Å². The van der Waals surface area contributed by atoms with Gasteiger partial charge in [0.05, 0.1) is 11.8 Å². The summed E-state index contributed by atoms with van der Waals surface area (Å²) in [6.07, 6.45) is 2.85. The molecule has 3 aromatic rings. The zero-order valence-electron chi connectivity index (χ0n) is 21.6. The van der Waals surface area contributed by atoms with Crippen LogP contribution in [-0.4, -0.2) is 32.8 Å². The first-order valence-electron chi connectivity index (χ1n) is 12.9. The van der Waals surface area contributed by atoms with E-state index < -0.39 is 17.7 Å². The fourth-order valence-electron chi connectivity index (χ4n) is 4.51. The minimum absolute atomic E-state index is 0.0156. The Hall–Kier alpha value is -4.28. The number of nitrogens with one attached hydrogen (secondary N) is 1. The maximum atomic E-state index is 12.9. The summed E-state index contributed by atoms with van der Waals surface area (Å²) in [6.45, 7) is 0.0254. The molecule has 0 saturated heterocycles. The van der Waals surface area contributed by atoms with Crippen molar-refractivity contribution < 1.29 is 37.3 Å². The number of rotatable bonds is 11. The summed E-state index contributed by atoms with van der Waals surface area (Å²) in [4.78, 5) is 24.4. The van der Waals surface area contributed by atoms with Crippen molar-refractivity contribution in [1.82, 2.24) is 15.1 Å². The summed E-state index contributed by atoms with van der Waals surface area (Å²) in [5, 5.41) is 16.3. The smallest absolute Gasteiger partial charge is 0.416 e. The number of carboxylic acids is 1. The number of halogens is 3. The molecular formula is C29H30F3N3O5. The lowest BCUT2D eigenvalue weighted by Gasteiger charge is -2.30. The molecule has 0 radical (unpaired) electrons. The molecule has 1 fully saturated rings. The number of carbonyl (C=O) groups is 2. The Bertz CT molecular complexity index is 1310. The Morgan fingerprint density at radius 3 is 2.42 bits per heavy atom. The van der Waals surface area contributed by atoms with Crippen LogP contribution in [0.5, 0.6) is 5.88 Å². The van der Waals surface area contributed by atoms with E-state index in [1.54, 1.807) is 6.26 Å². The standard InChI is InChI=1S/C29H30F3N3O5/c30-29(31,32)23-12-10-21(11-13-23)19-40-27-16-25(28(37)38)34-35(27)17-26(36)33-24-9-5-4-8-22(24)14-15-39-18-20-6-2-1-3-7-20/h1-3,6-7,10-16,22,24H,4-5,8-9,17-19H2,(H,33,36)(H,37,38)/b15-14+/t22-,24+/m1/s1. The average molecular weight is 558 g/mol. The number of alkyl halides is 3. The fraction of sp³-hybridized carbons (Fsp3) is 0.345. The van der Waals surface area contributed by atoms with Gasteiger partial charge in [-0.25, -0.2) is 9.48 Å². The highest BCUT2D eigenvalue weighted by Gasteiger charge is 2.30. The van der Waals surface area contributed by atoms with E-state index in [9.17, 15) is 27.9 Å². The second kappa shape index (κ2) is 13.2. The molecule has 4 rings (SSSR count). The summed E-state index contributed by atoms with van der Waals surface area (Å²) < 4.78 is 50.9. The summed E-state index contributed by atoms with van der Waals surface area (Å²) >= 11 is 0. The van der Waals surface area contributed by atoms with E-state index in [0.29, 0.717) is 12.2 Å². The van der Waals surface area contributed by atoms with Crippen molar-refractivity contribution in [3.05, 3.63) is 95.4 Å². The highest BCUT2D eigenvalue weighted by Crippen LogP contribution is 2.29. The van der Waals surface area contributed by atoms with E-state index in [1.807, 2.05) is 36.4 Å². The molecule has 1 saturated carbocycles. The van der Waals surface area contributed by atoms with Gasteiger partial charge in [-0.2, -0.15) is 18.3 Å². The van der Waals surface area contributed by atoms with Gasteiger partial charge in [-0.05, 0) is 42.2 Å². The van der Waals surface area contributed by atoms with Crippen molar-refractivity contribution in [1.29, 1.82) is 0 Å². The summed E-state index contributed by atoms with van der Waals surface area (Å²) in [5.74, 6) is -1.57. The van der Waals surface area contributed by atoms with Gasteiger partial charge in [0.1, 0.15) is 19.8 Å². The Kier molecular flexibility index (Phi) is 9.47. The van der Waals surface area contributed by atoms with Crippen LogP contribution in [0.15, 0.2) is 73.0 Å². The molecule has 8 nitrogen and oxygen atoms in total. The molecule has 1 amide bonds. The van der Waals surface area contributed by atoms with Crippen LogP contribution in [0, 0.1) is 5.92 Å². The van der Waals surface area contributed by atoms with Gasteiger partial charge >= 0.3 is 12.1 Å². The number of carbonyl (C=O) groups excluding carboxylic acids is 1. The number of ether oxygens (including phenoxy) is 2. The lowest BCUT2D eigenvalue weighted by atomic mass is 9.84. The number of aromatic nitrogens is 2. The SMILES string of the molecule is O=C(Cn1nc(C(=O)O)cc1OCc1ccc(C(F)(F)F)cc1)N[C@H]1CCCC[C@@H]1/C=C/OCc1ccccc1. The molecule has 2 aromatic carbocycles. The average Bonchev–Trinajstić information content (AvgIpc) is 3.34. The van der Waals surface area contributed by atoms with E-state index in [4.69, 9.17) is 9.47 Å². The van der Waals surface area contributed by atoms with Crippen molar-refractivity contribution >= 4 is 11.9 Å². The quantitative estimate of drug-likeness (QED) is 0.298. The van der Waals surface area contributed by atoms with Crippen molar-refractivity contribution in [2.75, 3.05) is 0 Å². The number of nitrogens with zero attached hydrogens (tertiary/aromatic N) is 2. The second-order valence-electron chi connectivity index (χ2n) is 9.56. The highest BCUT2D eigenvalue weighted by molar-refractivity contribution is 5.85. The number of benzene rings is 2. The predicted octanol–water partition coefficient (Wildman–Crippen LogP) is 5.58. The first-order chi connectivity index (χ1) is 19.2. The summed E-state index contributed by atoms with van der Waals surface area (Å²) in [6, 6.07) is 15.3. The van der Waals surface area contributed by atoms with Crippen LogP contribution in [0.3, 0.4) is 0 Å². The number of hydrogen-bond donors (Lipinski definition) is 2. The lowest BCUT2D eigenvalue weighted by Crippen LogP contribution is -2.43. The van der Waals surface area contributed by atoms with E-state index >= 15 is 0 Å². The van der Waals surface area contributed by atoms with Crippen LogP contribution in [0.2, 0.25) is 0 Å². The predicted molar refractivity (Wildman–Crippen MR) is 139 cm³/mol. The van der Waals surface area contributed by atoms with E-state index in [-0.39, 0.29) is 42.6 Å². The van der Waals surface area contributed by atoms with Crippen molar-refractivity contribution in [3.63, 3.8) is 0 Å². The summed E-state index contributed by atoms with van der Waals surface area (Å²) in [5.41, 5.74) is 0.388. The molecule has 0 unspecified atom stereocenters. The Labute approximate surface area is 229 Å². The number of carboxylic acid groups (broad SMARTS) is 1. The third kappa shape index (κ3) is 8.11. The van der Waals surface area contributed by atoms with Gasteiger partial charge in [0.15, 0.2) is 5.69 Å². The summed E-state index contributed by atoms with van der Waals surface area (Å²) in [7, 11) is 0. The van der Waals surface area contributed by atoms with Crippen molar-refractivity contribution in [3.8, 4) is 5.88 Å². The van der Waals surface area contributed by atoms with Crippen LogP contribution >= 0.6 is 0 Å². The van der Waals surface area contributed by atoms with E-state index in [0.717, 1.165) is 48.1 Å². The Balaban J connectivity index is 1.35. The van der Waals surface area contributed by atoms with Gasteiger partial charge in [-0.15, -0.1) is 0 Å². The largest absolute Gasteiger partial charge is 0.497 e. The van der Waals surface area contributed by atoms with Crippen LogP contribution in [0.1, 0.15) is 52.9 Å². The zero-order valence-corrected chi connectivity index (χ0v) is 21.6. The lowest BCUT2D eigenvalue weighted by molar-refractivity contribution is -0.137. The van der Waals surface area contributed by atoms with E-state index in [1.165, 1.54) is 18.2 Å². The van der Waals surface area contributed by atoms with Crippen molar-refractivity contribution in [2.45, 2.75) is 57.7 Å². The Morgan fingerprint density at radius 1 is 1.02 bits per heavy atom. The first kappa shape index (κ1) is 28.7. The topological polar surface area (TPSA) is 103 Å². The Morgan fingerprint density at radius 2 is 1.73 bits per heavy atom. The van der Waals surface area contributed by atoms with Crippen LogP contribution in [-0.2, 0) is 35.5 Å². The van der Waals surface area contributed by atoms with Gasteiger partial charge in [-0.1, -0.05) is 55.3 Å². The van der Waals surface area contributed by atoms with Crippen molar-refractivity contribution in [2.24, 2.45) is 5.92 Å². The van der Waals surface area contributed by atoms with Gasteiger partial charge in [0.2, 0.25) is 11.8 Å². The van der Waals surface area contributed by atoms with Gasteiger partial charge in [-0.3, -0.25) is 4.79 Å². The molecule has 2 atom stereocenters. The van der Waals surface area contributed by atoms with E-state index in [2.05, 4.69) is 10.4 Å². The molecule has 40 heavy (non-hydrogen) atoms. The van der Waals surface area contributed by atoms with Crippen LogP contribution < -0.4 is 10.1 Å². The molecule has 1 aliphatic carbocycles. The molecule has 1 aromatic heterocycles. The first-order valence-corrected chi connectivity index (χ1v) is 12.9. The van der Waals surface area contributed by atoms with Crippen LogP contribution in [0.25, 0.3) is 0 Å².